The van der Waals surface area contributed by atoms with Gasteiger partial charge < -0.3 is 14.8 Å². The molecule has 0 saturated heterocycles. The van der Waals surface area contributed by atoms with Crippen LogP contribution in [0.4, 0.5) is 5.69 Å². The van der Waals surface area contributed by atoms with Crippen LogP contribution in [0.25, 0.3) is 0 Å². The lowest BCUT2D eigenvalue weighted by Crippen LogP contribution is -2.01. The fourth-order valence-electron chi connectivity index (χ4n) is 1.66. The average molecular weight is 247 g/mol. The Labute approximate surface area is 106 Å². The number of hydrogen-bond acceptors (Lipinski definition) is 4. The van der Waals surface area contributed by atoms with Crippen molar-refractivity contribution >= 4 is 5.69 Å². The molecule has 5 heteroatoms. The number of hydrogen-bond donors (Lipinski definition) is 1. The van der Waals surface area contributed by atoms with Crippen molar-refractivity contribution in [3.05, 3.63) is 36.2 Å². The Morgan fingerprint density at radius 2 is 1.83 bits per heavy atom. The Balaban J connectivity index is 2.08. The minimum atomic E-state index is 0.664. The van der Waals surface area contributed by atoms with Crippen LogP contribution in [0.2, 0.25) is 0 Å². The van der Waals surface area contributed by atoms with Gasteiger partial charge in [-0.25, -0.2) is 0 Å². The van der Waals surface area contributed by atoms with Crippen molar-refractivity contribution in [2.75, 3.05) is 19.5 Å². The van der Waals surface area contributed by atoms with Gasteiger partial charge in [-0.05, 0) is 6.07 Å². The third-order valence-corrected chi connectivity index (χ3v) is 2.59. The van der Waals surface area contributed by atoms with Gasteiger partial charge in [0.2, 0.25) is 0 Å². The number of ether oxygens (including phenoxy) is 2. The quantitative estimate of drug-likeness (QED) is 0.878. The third-order valence-electron chi connectivity index (χ3n) is 2.59. The largest absolute Gasteiger partial charge is 0.497 e. The molecule has 0 saturated carbocycles. The lowest BCUT2D eigenvalue weighted by molar-refractivity contribution is 0.394. The maximum Gasteiger partial charge on any atom is 0.124 e. The van der Waals surface area contributed by atoms with E-state index in [1.807, 2.05) is 37.5 Å². The zero-order chi connectivity index (χ0) is 13.0. The van der Waals surface area contributed by atoms with E-state index in [2.05, 4.69) is 10.4 Å². The highest BCUT2D eigenvalue weighted by Gasteiger charge is 2.02. The van der Waals surface area contributed by atoms with Crippen molar-refractivity contribution in [1.82, 2.24) is 9.78 Å². The van der Waals surface area contributed by atoms with E-state index < -0.39 is 0 Å². The molecule has 1 aromatic carbocycles. The van der Waals surface area contributed by atoms with Crippen LogP contribution in [-0.2, 0) is 13.6 Å². The fraction of sp³-hybridized carbons (Fsp3) is 0.308. The van der Waals surface area contributed by atoms with E-state index in [0.717, 1.165) is 22.9 Å². The number of anilines is 1. The number of rotatable bonds is 5. The molecule has 0 aliphatic carbocycles. The molecule has 0 amide bonds. The molecule has 1 aromatic heterocycles. The second kappa shape index (κ2) is 5.44. The smallest absolute Gasteiger partial charge is 0.124 e. The van der Waals surface area contributed by atoms with Crippen LogP contribution in [0.1, 0.15) is 5.69 Å². The second-order valence-corrected chi connectivity index (χ2v) is 3.94. The summed E-state index contributed by atoms with van der Waals surface area (Å²) in [6.45, 7) is 0.664. The first-order valence-electron chi connectivity index (χ1n) is 5.66. The Morgan fingerprint density at radius 3 is 2.33 bits per heavy atom. The van der Waals surface area contributed by atoms with Gasteiger partial charge in [0, 0.05) is 37.1 Å². The molecular weight excluding hydrogens is 230 g/mol. The molecule has 0 spiro atoms. The highest BCUT2D eigenvalue weighted by Crippen LogP contribution is 2.25. The summed E-state index contributed by atoms with van der Waals surface area (Å²) in [6.07, 6.45) is 1.92. The Hall–Kier alpha value is -2.17. The van der Waals surface area contributed by atoms with Crippen LogP contribution >= 0.6 is 0 Å². The van der Waals surface area contributed by atoms with Crippen molar-refractivity contribution in [3.63, 3.8) is 0 Å². The van der Waals surface area contributed by atoms with E-state index in [0.29, 0.717) is 6.54 Å². The Bertz CT molecular complexity index is 500. The number of methoxy groups -OCH3 is 2. The van der Waals surface area contributed by atoms with E-state index >= 15 is 0 Å². The molecular formula is C13H17N3O2. The van der Waals surface area contributed by atoms with Gasteiger partial charge in [0.15, 0.2) is 0 Å². The molecule has 0 atom stereocenters. The van der Waals surface area contributed by atoms with Crippen molar-refractivity contribution < 1.29 is 9.47 Å². The van der Waals surface area contributed by atoms with Gasteiger partial charge in [-0.2, -0.15) is 5.10 Å². The maximum atomic E-state index is 5.21. The topological polar surface area (TPSA) is 48.3 Å². The molecule has 0 radical (unpaired) electrons. The van der Waals surface area contributed by atoms with Gasteiger partial charge in [0.05, 0.1) is 26.5 Å². The van der Waals surface area contributed by atoms with Crippen molar-refractivity contribution in [2.45, 2.75) is 6.54 Å². The van der Waals surface area contributed by atoms with Gasteiger partial charge in [-0.15, -0.1) is 0 Å². The number of aryl methyl sites for hydroxylation is 1. The van der Waals surface area contributed by atoms with Crippen molar-refractivity contribution in [2.24, 2.45) is 7.05 Å². The molecule has 0 aliphatic heterocycles. The van der Waals surface area contributed by atoms with Gasteiger partial charge in [-0.1, -0.05) is 0 Å². The monoisotopic (exact) mass is 247 g/mol. The first kappa shape index (κ1) is 12.3. The van der Waals surface area contributed by atoms with Crippen LogP contribution in [-0.4, -0.2) is 24.0 Å². The van der Waals surface area contributed by atoms with Crippen LogP contribution in [0, 0.1) is 0 Å². The minimum absolute atomic E-state index is 0.664. The average Bonchev–Trinajstić information content (AvgIpc) is 2.81. The summed E-state index contributed by atoms with van der Waals surface area (Å²) >= 11 is 0. The summed E-state index contributed by atoms with van der Waals surface area (Å²) < 4.78 is 12.2. The lowest BCUT2D eigenvalue weighted by Gasteiger charge is -2.09. The van der Waals surface area contributed by atoms with Crippen LogP contribution in [0.5, 0.6) is 11.5 Å². The highest BCUT2D eigenvalue weighted by atomic mass is 16.5. The molecule has 5 nitrogen and oxygen atoms in total. The van der Waals surface area contributed by atoms with Gasteiger partial charge in [0.25, 0.3) is 0 Å². The predicted molar refractivity (Wildman–Crippen MR) is 70.1 cm³/mol. The van der Waals surface area contributed by atoms with E-state index in [1.165, 1.54) is 0 Å². The van der Waals surface area contributed by atoms with Crippen LogP contribution in [0.3, 0.4) is 0 Å². The molecule has 2 rings (SSSR count). The second-order valence-electron chi connectivity index (χ2n) is 3.94. The third kappa shape index (κ3) is 2.94. The van der Waals surface area contributed by atoms with E-state index in [1.54, 1.807) is 18.9 Å². The van der Waals surface area contributed by atoms with Gasteiger partial charge in [-0.3, -0.25) is 4.68 Å². The zero-order valence-electron chi connectivity index (χ0n) is 10.8. The number of aromatic nitrogens is 2. The Morgan fingerprint density at radius 1 is 1.17 bits per heavy atom. The number of nitrogens with zero attached hydrogens (tertiary/aromatic N) is 2. The number of nitrogens with one attached hydrogen (secondary N) is 1. The first-order chi connectivity index (χ1) is 8.71. The summed E-state index contributed by atoms with van der Waals surface area (Å²) in [7, 11) is 5.17. The maximum absolute atomic E-state index is 5.21. The summed E-state index contributed by atoms with van der Waals surface area (Å²) in [6, 6.07) is 7.66. The van der Waals surface area contributed by atoms with Crippen molar-refractivity contribution in [1.29, 1.82) is 0 Å². The molecule has 1 heterocycles. The zero-order valence-corrected chi connectivity index (χ0v) is 10.8. The molecule has 0 fully saturated rings. The molecule has 0 aliphatic rings. The summed E-state index contributed by atoms with van der Waals surface area (Å²) in [5.41, 5.74) is 1.93. The predicted octanol–water partition coefficient (Wildman–Crippen LogP) is 2.05. The van der Waals surface area contributed by atoms with E-state index in [4.69, 9.17) is 9.47 Å². The molecule has 0 bridgehead atoms. The standard InChI is InChI=1S/C13H17N3O2/c1-16-5-4-10(15-16)9-14-11-6-12(17-2)8-13(7-11)18-3/h4-8,14H,9H2,1-3H3. The highest BCUT2D eigenvalue weighted by molar-refractivity contribution is 5.53. The summed E-state index contributed by atoms with van der Waals surface area (Å²) in [5.74, 6) is 1.52. The normalized spacial score (nSPS) is 10.2. The van der Waals surface area contributed by atoms with Crippen LogP contribution < -0.4 is 14.8 Å². The van der Waals surface area contributed by atoms with Crippen LogP contribution in [0.15, 0.2) is 30.5 Å². The molecule has 2 aromatic rings. The molecule has 18 heavy (non-hydrogen) atoms. The van der Waals surface area contributed by atoms with E-state index in [9.17, 15) is 0 Å². The van der Waals surface area contributed by atoms with Crippen molar-refractivity contribution in [3.8, 4) is 11.5 Å². The van der Waals surface area contributed by atoms with Gasteiger partial charge >= 0.3 is 0 Å². The van der Waals surface area contributed by atoms with E-state index in [-0.39, 0.29) is 0 Å². The lowest BCUT2D eigenvalue weighted by atomic mass is 10.2. The minimum Gasteiger partial charge on any atom is -0.497 e. The summed E-state index contributed by atoms with van der Waals surface area (Å²) in [5, 5.41) is 7.59. The molecule has 96 valence electrons. The fourth-order valence-corrected chi connectivity index (χ4v) is 1.66. The molecule has 1 N–H and O–H groups in total. The first-order valence-corrected chi connectivity index (χ1v) is 5.66. The van der Waals surface area contributed by atoms with Gasteiger partial charge in [0.1, 0.15) is 11.5 Å². The number of benzene rings is 1. The summed E-state index contributed by atoms with van der Waals surface area (Å²) in [4.78, 5) is 0. The molecule has 0 unspecified atom stereocenters. The Kier molecular flexibility index (Phi) is 3.72. The SMILES string of the molecule is COc1cc(NCc2ccn(C)n2)cc(OC)c1.